The number of thioether (sulfide) groups is 1. The zero-order valence-electron chi connectivity index (χ0n) is 15.4. The van der Waals surface area contributed by atoms with E-state index in [0.717, 1.165) is 34.6 Å². The summed E-state index contributed by atoms with van der Waals surface area (Å²) in [7, 11) is 0. The van der Waals surface area contributed by atoms with E-state index in [9.17, 15) is 18.0 Å². The summed E-state index contributed by atoms with van der Waals surface area (Å²) in [5.41, 5.74) is 1.51. The molecule has 0 saturated carbocycles. The number of benzene rings is 2. The molecule has 152 valence electrons. The second kappa shape index (κ2) is 8.46. The van der Waals surface area contributed by atoms with Gasteiger partial charge in [0.2, 0.25) is 5.91 Å². The summed E-state index contributed by atoms with van der Waals surface area (Å²) in [6.07, 6.45) is -3.11. The molecule has 29 heavy (non-hydrogen) atoms. The molecule has 3 aromatic rings. The molecule has 0 saturated heterocycles. The zero-order chi connectivity index (χ0) is 21.2. The van der Waals surface area contributed by atoms with Crippen molar-refractivity contribution in [1.29, 1.82) is 0 Å². The number of carbonyl (C=O) groups is 1. The van der Waals surface area contributed by atoms with E-state index in [1.54, 1.807) is 4.57 Å². The van der Waals surface area contributed by atoms with Crippen molar-refractivity contribution in [1.82, 2.24) is 14.8 Å². The Hall–Kier alpha value is -2.52. The van der Waals surface area contributed by atoms with Crippen LogP contribution in [0.2, 0.25) is 5.02 Å². The van der Waals surface area contributed by atoms with Gasteiger partial charge in [0.15, 0.2) is 5.16 Å². The van der Waals surface area contributed by atoms with E-state index in [2.05, 4.69) is 15.5 Å². The van der Waals surface area contributed by atoms with Crippen molar-refractivity contribution in [2.75, 3.05) is 11.1 Å². The number of hydrogen-bond donors (Lipinski definition) is 1. The quantitative estimate of drug-likeness (QED) is 0.548. The fraction of sp³-hybridized carbons (Fsp3) is 0.211. The molecule has 0 fully saturated rings. The third-order valence-electron chi connectivity index (χ3n) is 4.04. The van der Waals surface area contributed by atoms with Gasteiger partial charge in [0.05, 0.1) is 27.7 Å². The Morgan fingerprint density at radius 3 is 2.69 bits per heavy atom. The minimum atomic E-state index is -4.64. The first kappa shape index (κ1) is 21.2. The summed E-state index contributed by atoms with van der Waals surface area (Å²) in [5, 5.41) is 10.4. The molecule has 1 amide bonds. The van der Waals surface area contributed by atoms with Gasteiger partial charge in [-0.15, -0.1) is 10.2 Å². The van der Waals surface area contributed by atoms with Crippen LogP contribution in [0.25, 0.3) is 5.69 Å². The average Bonchev–Trinajstić information content (AvgIpc) is 3.09. The number of nitrogens with zero attached hydrogens (tertiary/aromatic N) is 3. The largest absolute Gasteiger partial charge is 0.418 e. The van der Waals surface area contributed by atoms with Crippen molar-refractivity contribution < 1.29 is 18.0 Å². The van der Waals surface area contributed by atoms with Crippen LogP contribution in [0.5, 0.6) is 0 Å². The predicted octanol–water partition coefficient (Wildman–Crippen LogP) is 5.29. The number of para-hydroxylation sites is 1. The van der Waals surface area contributed by atoms with Crippen LogP contribution in [0.15, 0.2) is 47.9 Å². The summed E-state index contributed by atoms with van der Waals surface area (Å²) in [5.74, 6) is -0.796. The molecule has 1 heterocycles. The first-order valence-electron chi connectivity index (χ1n) is 8.43. The van der Waals surface area contributed by atoms with Crippen LogP contribution in [-0.2, 0) is 11.0 Å². The van der Waals surface area contributed by atoms with E-state index in [1.165, 1.54) is 18.5 Å². The van der Waals surface area contributed by atoms with Gasteiger partial charge in [0.1, 0.15) is 6.33 Å². The van der Waals surface area contributed by atoms with Gasteiger partial charge < -0.3 is 5.32 Å². The van der Waals surface area contributed by atoms with Crippen LogP contribution in [-0.4, -0.2) is 26.4 Å². The SMILES string of the molecule is Cc1ccc(-n2cnnc2SCC(=O)Nc2c(Cl)cccc2C(F)(F)F)c(C)c1. The summed E-state index contributed by atoms with van der Waals surface area (Å²) < 4.78 is 41.2. The van der Waals surface area contributed by atoms with Crippen molar-refractivity contribution in [2.45, 2.75) is 25.2 Å². The van der Waals surface area contributed by atoms with Crippen molar-refractivity contribution in [2.24, 2.45) is 0 Å². The van der Waals surface area contributed by atoms with Crippen molar-refractivity contribution in [3.63, 3.8) is 0 Å². The second-order valence-corrected chi connectivity index (χ2v) is 7.62. The Bertz CT molecular complexity index is 1050. The normalized spacial score (nSPS) is 11.5. The molecule has 0 aliphatic carbocycles. The summed E-state index contributed by atoms with van der Waals surface area (Å²) in [6.45, 7) is 3.92. The Balaban J connectivity index is 1.75. The molecule has 10 heteroatoms. The lowest BCUT2D eigenvalue weighted by Gasteiger charge is -2.15. The summed E-state index contributed by atoms with van der Waals surface area (Å²) in [6, 6.07) is 9.20. The molecule has 0 bridgehead atoms. The van der Waals surface area contributed by atoms with Crippen LogP contribution in [0.3, 0.4) is 0 Å². The highest BCUT2D eigenvalue weighted by Gasteiger charge is 2.34. The van der Waals surface area contributed by atoms with Crippen LogP contribution in [0, 0.1) is 13.8 Å². The predicted molar refractivity (Wildman–Crippen MR) is 107 cm³/mol. The third-order valence-corrected chi connectivity index (χ3v) is 5.30. The highest BCUT2D eigenvalue weighted by atomic mass is 35.5. The molecule has 2 aromatic carbocycles. The number of nitrogens with one attached hydrogen (secondary N) is 1. The summed E-state index contributed by atoms with van der Waals surface area (Å²) in [4.78, 5) is 12.3. The number of aryl methyl sites for hydroxylation is 2. The molecule has 0 aliphatic rings. The van der Waals surface area contributed by atoms with E-state index in [4.69, 9.17) is 11.6 Å². The van der Waals surface area contributed by atoms with E-state index >= 15 is 0 Å². The maximum atomic E-state index is 13.2. The monoisotopic (exact) mass is 440 g/mol. The highest BCUT2D eigenvalue weighted by Crippen LogP contribution is 2.38. The zero-order valence-corrected chi connectivity index (χ0v) is 17.0. The van der Waals surface area contributed by atoms with Gasteiger partial charge in [-0.2, -0.15) is 13.2 Å². The minimum absolute atomic E-state index is 0.161. The molecule has 0 atom stereocenters. The summed E-state index contributed by atoms with van der Waals surface area (Å²) >= 11 is 6.93. The second-order valence-electron chi connectivity index (χ2n) is 6.27. The van der Waals surface area contributed by atoms with Gasteiger partial charge in [-0.1, -0.05) is 47.1 Å². The number of hydrogen-bond acceptors (Lipinski definition) is 4. The lowest BCUT2D eigenvalue weighted by Crippen LogP contribution is -2.18. The molecular formula is C19H16ClF3N4OS. The Labute approximate surface area is 174 Å². The Morgan fingerprint density at radius 1 is 1.24 bits per heavy atom. The Kier molecular flexibility index (Phi) is 6.18. The smallest absolute Gasteiger partial charge is 0.324 e. The molecule has 0 radical (unpaired) electrons. The molecule has 0 unspecified atom stereocenters. The standard InChI is InChI=1S/C19H16ClF3N4OS/c1-11-6-7-15(12(2)8-11)27-10-24-26-18(27)29-9-16(28)25-17-13(19(21,22)23)4-3-5-14(17)20/h3-8,10H,9H2,1-2H3,(H,25,28). The van der Waals surface area contributed by atoms with E-state index in [0.29, 0.717) is 5.16 Å². The number of alkyl halides is 3. The number of rotatable bonds is 5. The molecule has 5 nitrogen and oxygen atoms in total. The van der Waals surface area contributed by atoms with Gasteiger partial charge >= 0.3 is 6.18 Å². The molecule has 3 rings (SSSR count). The number of anilines is 1. The number of halogens is 4. The van der Waals surface area contributed by atoms with Gasteiger partial charge in [0, 0.05) is 0 Å². The number of aromatic nitrogens is 3. The van der Waals surface area contributed by atoms with E-state index in [-0.39, 0.29) is 10.8 Å². The third kappa shape index (κ3) is 4.91. The maximum absolute atomic E-state index is 13.2. The molecule has 0 spiro atoms. The van der Waals surface area contributed by atoms with Gasteiger partial charge in [-0.3, -0.25) is 9.36 Å². The lowest BCUT2D eigenvalue weighted by atomic mass is 10.1. The molecule has 0 aliphatic heterocycles. The van der Waals surface area contributed by atoms with Crippen LogP contribution in [0.1, 0.15) is 16.7 Å². The Morgan fingerprint density at radius 2 is 2.00 bits per heavy atom. The first-order chi connectivity index (χ1) is 13.7. The van der Waals surface area contributed by atoms with Crippen LogP contribution in [0.4, 0.5) is 18.9 Å². The van der Waals surface area contributed by atoms with Crippen molar-refractivity contribution >= 4 is 35.0 Å². The van der Waals surface area contributed by atoms with Crippen molar-refractivity contribution in [3.05, 3.63) is 64.4 Å². The van der Waals surface area contributed by atoms with Crippen LogP contribution >= 0.6 is 23.4 Å². The topological polar surface area (TPSA) is 59.8 Å². The van der Waals surface area contributed by atoms with Gasteiger partial charge in [-0.25, -0.2) is 0 Å². The van der Waals surface area contributed by atoms with E-state index < -0.39 is 23.3 Å². The fourth-order valence-electron chi connectivity index (χ4n) is 2.76. The highest BCUT2D eigenvalue weighted by molar-refractivity contribution is 7.99. The number of carbonyl (C=O) groups excluding carboxylic acids is 1. The van der Waals surface area contributed by atoms with Crippen LogP contribution < -0.4 is 5.32 Å². The van der Waals surface area contributed by atoms with Gasteiger partial charge in [0.25, 0.3) is 0 Å². The lowest BCUT2D eigenvalue weighted by molar-refractivity contribution is -0.137. The van der Waals surface area contributed by atoms with Crippen molar-refractivity contribution in [3.8, 4) is 5.69 Å². The molecule has 1 N–H and O–H groups in total. The minimum Gasteiger partial charge on any atom is -0.324 e. The molecular weight excluding hydrogens is 425 g/mol. The fourth-order valence-corrected chi connectivity index (χ4v) is 3.70. The first-order valence-corrected chi connectivity index (χ1v) is 9.79. The molecule has 1 aromatic heterocycles. The van der Waals surface area contributed by atoms with E-state index in [1.807, 2.05) is 32.0 Å². The average molecular weight is 441 g/mol. The van der Waals surface area contributed by atoms with Gasteiger partial charge in [-0.05, 0) is 37.6 Å². The maximum Gasteiger partial charge on any atom is 0.418 e. The number of amides is 1.